The maximum absolute atomic E-state index is 4.48. The molecule has 0 aromatic heterocycles. The topological polar surface area (TPSA) is 17.3 Å². The van der Waals surface area contributed by atoms with Gasteiger partial charge in [0.2, 0.25) is 0 Å². The van der Waals surface area contributed by atoms with Crippen LogP contribution in [0.15, 0.2) is 0 Å². The van der Waals surface area contributed by atoms with Crippen molar-refractivity contribution in [2.24, 2.45) is 11.8 Å². The molecule has 2 nitrogen and oxygen atoms in total. The SMILES string of the molecule is C1CC(N2CC3C[N]CC3C2)C1. The molecule has 0 N–H and O–H groups in total. The molecule has 1 saturated carbocycles. The summed E-state index contributed by atoms with van der Waals surface area (Å²) in [5.41, 5.74) is 0. The van der Waals surface area contributed by atoms with Gasteiger partial charge in [-0.2, -0.15) is 0 Å². The molecule has 0 spiro atoms. The Bertz CT molecular complexity index is 165. The molecule has 3 fully saturated rings. The van der Waals surface area contributed by atoms with Gasteiger partial charge >= 0.3 is 0 Å². The average molecular weight is 165 g/mol. The maximum Gasteiger partial charge on any atom is 0.0177 e. The first-order valence-corrected chi connectivity index (χ1v) is 5.31. The smallest absolute Gasteiger partial charge is 0.0177 e. The lowest BCUT2D eigenvalue weighted by molar-refractivity contribution is 0.148. The molecule has 0 aromatic carbocycles. The third-order valence-electron chi connectivity index (χ3n) is 3.92. The summed E-state index contributed by atoms with van der Waals surface area (Å²) >= 11 is 0. The van der Waals surface area contributed by atoms with E-state index in [2.05, 4.69) is 10.2 Å². The quantitative estimate of drug-likeness (QED) is 0.559. The molecular formula is C10H17N2. The summed E-state index contributed by atoms with van der Waals surface area (Å²) in [6, 6.07) is 0.968. The number of likely N-dealkylation sites (tertiary alicyclic amines) is 1. The van der Waals surface area contributed by atoms with Gasteiger partial charge in [0.25, 0.3) is 0 Å². The van der Waals surface area contributed by atoms with E-state index in [4.69, 9.17) is 0 Å². The molecule has 3 rings (SSSR count). The van der Waals surface area contributed by atoms with E-state index in [0.717, 1.165) is 31.0 Å². The molecule has 2 heterocycles. The van der Waals surface area contributed by atoms with Crippen molar-refractivity contribution in [3.8, 4) is 0 Å². The highest BCUT2D eigenvalue weighted by Crippen LogP contribution is 2.34. The second-order valence-corrected chi connectivity index (χ2v) is 4.65. The van der Waals surface area contributed by atoms with Crippen LogP contribution in [0, 0.1) is 11.8 Å². The molecule has 67 valence electrons. The number of nitrogens with zero attached hydrogens (tertiary/aromatic N) is 2. The lowest BCUT2D eigenvalue weighted by Crippen LogP contribution is -2.39. The van der Waals surface area contributed by atoms with Crippen LogP contribution in [0.25, 0.3) is 0 Å². The van der Waals surface area contributed by atoms with Gasteiger partial charge in [0, 0.05) is 32.2 Å². The standard InChI is InChI=1S/C10H17N2/c1-2-10(3-1)12-6-8-4-11-5-9(8)7-12/h8-10H,1-7H2. The zero-order valence-corrected chi connectivity index (χ0v) is 7.58. The lowest BCUT2D eigenvalue weighted by Gasteiger charge is -2.35. The third-order valence-corrected chi connectivity index (χ3v) is 3.92. The van der Waals surface area contributed by atoms with Crippen molar-refractivity contribution in [2.75, 3.05) is 26.2 Å². The van der Waals surface area contributed by atoms with Gasteiger partial charge in [0.1, 0.15) is 0 Å². The van der Waals surface area contributed by atoms with Crippen molar-refractivity contribution in [3.05, 3.63) is 0 Å². The van der Waals surface area contributed by atoms with Crippen LogP contribution in [0.5, 0.6) is 0 Å². The Morgan fingerprint density at radius 2 is 1.67 bits per heavy atom. The van der Waals surface area contributed by atoms with Crippen LogP contribution in [0.4, 0.5) is 0 Å². The van der Waals surface area contributed by atoms with Crippen molar-refractivity contribution in [3.63, 3.8) is 0 Å². The molecule has 1 radical (unpaired) electrons. The average Bonchev–Trinajstić information content (AvgIpc) is 2.40. The molecule has 3 aliphatic rings. The molecule has 0 bridgehead atoms. The number of rotatable bonds is 1. The van der Waals surface area contributed by atoms with Crippen LogP contribution < -0.4 is 5.32 Å². The molecule has 2 aliphatic heterocycles. The van der Waals surface area contributed by atoms with E-state index in [-0.39, 0.29) is 0 Å². The van der Waals surface area contributed by atoms with E-state index >= 15 is 0 Å². The number of hydrogen-bond acceptors (Lipinski definition) is 1. The Hall–Kier alpha value is -0.0800. The molecule has 2 saturated heterocycles. The van der Waals surface area contributed by atoms with E-state index in [9.17, 15) is 0 Å². The predicted octanol–water partition coefficient (Wildman–Crippen LogP) is 0.705. The lowest BCUT2D eigenvalue weighted by atomic mass is 9.92. The van der Waals surface area contributed by atoms with Crippen molar-refractivity contribution >= 4 is 0 Å². The highest BCUT2D eigenvalue weighted by atomic mass is 15.2. The Kier molecular flexibility index (Phi) is 1.66. The zero-order valence-electron chi connectivity index (χ0n) is 7.58. The van der Waals surface area contributed by atoms with E-state index in [1.54, 1.807) is 0 Å². The molecule has 0 amide bonds. The fourth-order valence-corrected chi connectivity index (χ4v) is 2.84. The zero-order chi connectivity index (χ0) is 7.97. The summed E-state index contributed by atoms with van der Waals surface area (Å²) < 4.78 is 0. The minimum absolute atomic E-state index is 0.936. The first kappa shape index (κ1) is 7.34. The van der Waals surface area contributed by atoms with Gasteiger partial charge < -0.3 is 0 Å². The van der Waals surface area contributed by atoms with Crippen LogP contribution in [0.3, 0.4) is 0 Å². The van der Waals surface area contributed by atoms with Crippen LogP contribution in [-0.4, -0.2) is 37.1 Å². The minimum atomic E-state index is 0.936. The second-order valence-electron chi connectivity index (χ2n) is 4.65. The van der Waals surface area contributed by atoms with Crippen LogP contribution in [0.2, 0.25) is 0 Å². The summed E-state index contributed by atoms with van der Waals surface area (Å²) in [5.74, 6) is 1.87. The number of hydrogen-bond donors (Lipinski definition) is 0. The molecule has 2 atom stereocenters. The molecule has 2 heteroatoms. The summed E-state index contributed by atoms with van der Waals surface area (Å²) in [6.07, 6.45) is 4.41. The van der Waals surface area contributed by atoms with Gasteiger partial charge in [-0.25, -0.2) is 5.32 Å². The summed E-state index contributed by atoms with van der Waals surface area (Å²) in [5, 5.41) is 4.48. The second kappa shape index (κ2) is 2.71. The largest absolute Gasteiger partial charge is 0.300 e. The highest BCUT2D eigenvalue weighted by molar-refractivity contribution is 4.94. The van der Waals surface area contributed by atoms with Crippen molar-refractivity contribution < 1.29 is 0 Å². The van der Waals surface area contributed by atoms with Crippen LogP contribution >= 0.6 is 0 Å². The Morgan fingerprint density at radius 3 is 2.17 bits per heavy atom. The molecule has 1 aliphatic carbocycles. The summed E-state index contributed by atoms with van der Waals surface area (Å²) in [6.45, 7) is 5.04. The van der Waals surface area contributed by atoms with Gasteiger partial charge in [0.05, 0.1) is 0 Å². The fourth-order valence-electron chi connectivity index (χ4n) is 2.84. The fraction of sp³-hybridized carbons (Fsp3) is 1.00. The molecule has 2 unspecified atom stereocenters. The highest BCUT2D eigenvalue weighted by Gasteiger charge is 2.40. The molecule has 12 heavy (non-hydrogen) atoms. The van der Waals surface area contributed by atoms with Gasteiger partial charge in [-0.05, 0) is 24.7 Å². The van der Waals surface area contributed by atoms with Crippen LogP contribution in [0.1, 0.15) is 19.3 Å². The van der Waals surface area contributed by atoms with E-state index < -0.39 is 0 Å². The predicted molar refractivity (Wildman–Crippen MR) is 48.1 cm³/mol. The normalized spacial score (nSPS) is 43.0. The third kappa shape index (κ3) is 1.01. The van der Waals surface area contributed by atoms with E-state index in [1.165, 1.54) is 32.4 Å². The Morgan fingerprint density at radius 1 is 1.00 bits per heavy atom. The summed E-state index contributed by atoms with van der Waals surface area (Å²) in [4.78, 5) is 2.73. The van der Waals surface area contributed by atoms with Gasteiger partial charge in [-0.3, -0.25) is 4.90 Å². The Balaban J connectivity index is 1.63. The van der Waals surface area contributed by atoms with E-state index in [0.29, 0.717) is 0 Å². The maximum atomic E-state index is 4.48. The van der Waals surface area contributed by atoms with Gasteiger partial charge in [0.15, 0.2) is 0 Å². The monoisotopic (exact) mass is 165 g/mol. The van der Waals surface area contributed by atoms with Crippen molar-refractivity contribution in [1.82, 2.24) is 10.2 Å². The molecular weight excluding hydrogens is 148 g/mol. The first-order valence-electron chi connectivity index (χ1n) is 5.31. The summed E-state index contributed by atoms with van der Waals surface area (Å²) in [7, 11) is 0. The van der Waals surface area contributed by atoms with E-state index in [1.807, 2.05) is 0 Å². The number of fused-ring (bicyclic) bond motifs is 1. The Labute approximate surface area is 74.3 Å². The molecule has 0 aromatic rings. The van der Waals surface area contributed by atoms with Gasteiger partial charge in [-0.1, -0.05) is 6.42 Å². The van der Waals surface area contributed by atoms with Crippen LogP contribution in [-0.2, 0) is 0 Å². The van der Waals surface area contributed by atoms with Gasteiger partial charge in [-0.15, -0.1) is 0 Å². The van der Waals surface area contributed by atoms with Crippen molar-refractivity contribution in [1.29, 1.82) is 0 Å². The first-order chi connectivity index (χ1) is 5.93. The van der Waals surface area contributed by atoms with Crippen molar-refractivity contribution in [2.45, 2.75) is 25.3 Å². The minimum Gasteiger partial charge on any atom is -0.300 e.